The summed E-state index contributed by atoms with van der Waals surface area (Å²) < 4.78 is 11.0. The van der Waals surface area contributed by atoms with E-state index in [4.69, 9.17) is 9.47 Å². The first-order valence-corrected chi connectivity index (χ1v) is 8.62. The van der Waals surface area contributed by atoms with Gasteiger partial charge in [0.25, 0.3) is 0 Å². The highest BCUT2D eigenvalue weighted by atomic mass is 16.6. The third-order valence-corrected chi connectivity index (χ3v) is 4.67. The summed E-state index contributed by atoms with van der Waals surface area (Å²) in [7, 11) is 2.05. The third kappa shape index (κ3) is 4.38. The van der Waals surface area contributed by atoms with Crippen LogP contribution in [0.15, 0.2) is 18.2 Å². The molecule has 1 fully saturated rings. The van der Waals surface area contributed by atoms with Crippen molar-refractivity contribution in [1.82, 2.24) is 4.90 Å². The van der Waals surface area contributed by atoms with Crippen molar-refractivity contribution in [3.8, 4) is 11.5 Å². The van der Waals surface area contributed by atoms with Gasteiger partial charge in [-0.15, -0.1) is 0 Å². The molecule has 0 atom stereocenters. The number of carbonyl (C=O) groups excluding carboxylic acids is 1. The van der Waals surface area contributed by atoms with Crippen molar-refractivity contribution in [3.05, 3.63) is 18.2 Å². The van der Waals surface area contributed by atoms with Gasteiger partial charge < -0.3 is 14.8 Å². The largest absolute Gasteiger partial charge is 0.486 e. The predicted molar refractivity (Wildman–Crippen MR) is 90.2 cm³/mol. The zero-order chi connectivity index (χ0) is 16.1. The molecule has 23 heavy (non-hydrogen) atoms. The monoisotopic (exact) mass is 318 g/mol. The minimum atomic E-state index is 0.0217. The van der Waals surface area contributed by atoms with E-state index in [1.807, 2.05) is 18.2 Å². The standard InChI is InChI=1S/C18H26N2O3/c1-20(15-6-4-2-3-5-7-15)13-18(21)19-14-8-9-16-17(12-14)23-11-10-22-16/h8-9,12,15H,2-7,10-11,13H2,1H3,(H,19,21). The molecule has 1 heterocycles. The number of hydrogen-bond acceptors (Lipinski definition) is 4. The molecule has 1 aromatic rings. The number of carbonyl (C=O) groups is 1. The van der Waals surface area contributed by atoms with Gasteiger partial charge in [0, 0.05) is 17.8 Å². The van der Waals surface area contributed by atoms with E-state index in [0.717, 1.165) is 11.4 Å². The van der Waals surface area contributed by atoms with Gasteiger partial charge in [0.05, 0.1) is 6.54 Å². The van der Waals surface area contributed by atoms with Crippen LogP contribution in [-0.4, -0.2) is 43.7 Å². The molecule has 5 nitrogen and oxygen atoms in total. The molecule has 0 aromatic heterocycles. The molecule has 1 aliphatic heterocycles. The fourth-order valence-corrected chi connectivity index (χ4v) is 3.38. The Morgan fingerprint density at radius 2 is 1.83 bits per heavy atom. The lowest BCUT2D eigenvalue weighted by Gasteiger charge is -2.26. The first kappa shape index (κ1) is 16.1. The van der Waals surface area contributed by atoms with E-state index in [2.05, 4.69) is 17.3 Å². The quantitative estimate of drug-likeness (QED) is 0.867. The summed E-state index contributed by atoms with van der Waals surface area (Å²) in [4.78, 5) is 14.5. The number of amides is 1. The van der Waals surface area contributed by atoms with Gasteiger partial charge in [-0.05, 0) is 32.0 Å². The van der Waals surface area contributed by atoms with Crippen LogP contribution in [0.5, 0.6) is 11.5 Å². The van der Waals surface area contributed by atoms with Crippen LogP contribution >= 0.6 is 0 Å². The molecular formula is C18H26N2O3. The first-order valence-electron chi connectivity index (χ1n) is 8.62. The minimum Gasteiger partial charge on any atom is -0.486 e. The maximum atomic E-state index is 12.3. The molecule has 5 heteroatoms. The van der Waals surface area contributed by atoms with Crippen LogP contribution in [0.1, 0.15) is 38.5 Å². The second-order valence-electron chi connectivity index (χ2n) is 6.47. The average Bonchev–Trinajstić information content (AvgIpc) is 2.84. The van der Waals surface area contributed by atoms with Crippen LogP contribution in [0.2, 0.25) is 0 Å². The molecule has 1 aromatic carbocycles. The van der Waals surface area contributed by atoms with E-state index in [1.54, 1.807) is 0 Å². The Bertz CT molecular complexity index is 539. The van der Waals surface area contributed by atoms with Crippen LogP contribution < -0.4 is 14.8 Å². The van der Waals surface area contributed by atoms with E-state index in [9.17, 15) is 4.79 Å². The van der Waals surface area contributed by atoms with E-state index < -0.39 is 0 Å². The normalized spacial score (nSPS) is 18.5. The highest BCUT2D eigenvalue weighted by Crippen LogP contribution is 2.32. The number of nitrogens with zero attached hydrogens (tertiary/aromatic N) is 1. The number of ether oxygens (including phenoxy) is 2. The fraction of sp³-hybridized carbons (Fsp3) is 0.611. The lowest BCUT2D eigenvalue weighted by molar-refractivity contribution is -0.117. The number of benzene rings is 1. The van der Waals surface area contributed by atoms with Crippen molar-refractivity contribution in [2.24, 2.45) is 0 Å². The molecule has 0 radical (unpaired) electrons. The van der Waals surface area contributed by atoms with Gasteiger partial charge in [-0.25, -0.2) is 0 Å². The van der Waals surface area contributed by atoms with Crippen LogP contribution in [0.3, 0.4) is 0 Å². The fourth-order valence-electron chi connectivity index (χ4n) is 3.38. The summed E-state index contributed by atoms with van der Waals surface area (Å²) in [6.07, 6.45) is 7.61. The minimum absolute atomic E-state index is 0.0217. The summed E-state index contributed by atoms with van der Waals surface area (Å²) in [6, 6.07) is 6.07. The van der Waals surface area contributed by atoms with Crippen LogP contribution in [0, 0.1) is 0 Å². The Morgan fingerprint density at radius 1 is 1.13 bits per heavy atom. The molecule has 0 saturated heterocycles. The topological polar surface area (TPSA) is 50.8 Å². The molecule has 3 rings (SSSR count). The van der Waals surface area contributed by atoms with E-state index >= 15 is 0 Å². The maximum absolute atomic E-state index is 12.3. The number of nitrogens with one attached hydrogen (secondary N) is 1. The third-order valence-electron chi connectivity index (χ3n) is 4.67. The molecule has 1 aliphatic carbocycles. The predicted octanol–water partition coefficient (Wildman–Crippen LogP) is 3.05. The Morgan fingerprint density at radius 3 is 2.57 bits per heavy atom. The van der Waals surface area contributed by atoms with Crippen molar-refractivity contribution < 1.29 is 14.3 Å². The van der Waals surface area contributed by atoms with Crippen molar-refractivity contribution in [2.45, 2.75) is 44.6 Å². The molecule has 1 saturated carbocycles. The number of fused-ring (bicyclic) bond motifs is 1. The Balaban J connectivity index is 1.54. The second kappa shape index (κ2) is 7.68. The van der Waals surface area contributed by atoms with E-state index in [1.165, 1.54) is 38.5 Å². The molecule has 1 N–H and O–H groups in total. The molecule has 1 amide bonds. The Labute approximate surface area is 137 Å². The van der Waals surface area contributed by atoms with E-state index in [-0.39, 0.29) is 5.91 Å². The number of anilines is 1. The van der Waals surface area contributed by atoms with Gasteiger partial charge in [0.2, 0.25) is 5.91 Å². The van der Waals surface area contributed by atoms with Crippen molar-refractivity contribution in [1.29, 1.82) is 0 Å². The summed E-state index contributed by atoms with van der Waals surface area (Å²) in [5, 5.41) is 2.96. The zero-order valence-electron chi connectivity index (χ0n) is 13.8. The van der Waals surface area contributed by atoms with Gasteiger partial charge in [-0.2, -0.15) is 0 Å². The summed E-state index contributed by atoms with van der Waals surface area (Å²) in [5.74, 6) is 1.46. The van der Waals surface area contributed by atoms with Crippen LogP contribution in [0.25, 0.3) is 0 Å². The number of likely N-dealkylation sites (N-methyl/N-ethyl adjacent to an activating group) is 1. The summed E-state index contributed by atoms with van der Waals surface area (Å²) in [5.41, 5.74) is 0.758. The second-order valence-corrected chi connectivity index (χ2v) is 6.47. The Hall–Kier alpha value is -1.75. The van der Waals surface area contributed by atoms with Gasteiger partial charge >= 0.3 is 0 Å². The van der Waals surface area contributed by atoms with Crippen LogP contribution in [-0.2, 0) is 4.79 Å². The SMILES string of the molecule is CN(CC(=O)Nc1ccc2c(c1)OCCO2)C1CCCCCC1. The molecular weight excluding hydrogens is 292 g/mol. The smallest absolute Gasteiger partial charge is 0.238 e. The van der Waals surface area contributed by atoms with E-state index in [0.29, 0.717) is 31.5 Å². The van der Waals surface area contributed by atoms with Crippen molar-refractivity contribution >= 4 is 11.6 Å². The average molecular weight is 318 g/mol. The lowest BCUT2D eigenvalue weighted by atomic mass is 10.1. The number of hydrogen-bond donors (Lipinski definition) is 1. The highest BCUT2D eigenvalue weighted by molar-refractivity contribution is 5.92. The molecule has 2 aliphatic rings. The van der Waals surface area contributed by atoms with Gasteiger partial charge in [-0.1, -0.05) is 25.7 Å². The Kier molecular flexibility index (Phi) is 5.39. The van der Waals surface area contributed by atoms with Gasteiger partial charge in [0.1, 0.15) is 13.2 Å². The lowest BCUT2D eigenvalue weighted by Crippen LogP contribution is -2.37. The highest BCUT2D eigenvalue weighted by Gasteiger charge is 2.19. The first-order chi connectivity index (χ1) is 11.2. The summed E-state index contributed by atoms with van der Waals surface area (Å²) in [6.45, 7) is 1.55. The molecule has 0 spiro atoms. The zero-order valence-corrected chi connectivity index (χ0v) is 13.8. The summed E-state index contributed by atoms with van der Waals surface area (Å²) >= 11 is 0. The molecule has 126 valence electrons. The van der Waals surface area contributed by atoms with Crippen molar-refractivity contribution in [3.63, 3.8) is 0 Å². The van der Waals surface area contributed by atoms with Gasteiger partial charge in [-0.3, -0.25) is 9.69 Å². The maximum Gasteiger partial charge on any atom is 0.238 e. The van der Waals surface area contributed by atoms with Crippen molar-refractivity contribution in [2.75, 3.05) is 32.1 Å². The number of rotatable bonds is 4. The molecule has 0 bridgehead atoms. The molecule has 0 unspecified atom stereocenters. The van der Waals surface area contributed by atoms with Gasteiger partial charge in [0.15, 0.2) is 11.5 Å². The van der Waals surface area contributed by atoms with Crippen LogP contribution in [0.4, 0.5) is 5.69 Å².